The Kier molecular flexibility index (Phi) is 4.46. The van der Waals surface area contributed by atoms with Crippen LogP contribution in [0.2, 0.25) is 0 Å². The molecule has 2 aromatic rings. The lowest BCUT2D eigenvalue weighted by Gasteiger charge is -2.35. The van der Waals surface area contributed by atoms with E-state index in [4.69, 9.17) is 9.15 Å². The zero-order chi connectivity index (χ0) is 17.3. The molecule has 6 heteroatoms. The van der Waals surface area contributed by atoms with Gasteiger partial charge in [-0.1, -0.05) is 6.92 Å². The van der Waals surface area contributed by atoms with Gasteiger partial charge in [0.2, 0.25) is 0 Å². The molecule has 0 bridgehead atoms. The van der Waals surface area contributed by atoms with Crippen molar-refractivity contribution in [2.75, 3.05) is 25.5 Å². The molecular formula is C18H22N2O4. The lowest BCUT2D eigenvalue weighted by atomic mass is 9.87. The second kappa shape index (κ2) is 6.55. The van der Waals surface area contributed by atoms with E-state index >= 15 is 0 Å². The Hall–Kier alpha value is -2.50. The van der Waals surface area contributed by atoms with Gasteiger partial charge in [0.05, 0.1) is 19.3 Å². The molecule has 1 aromatic heterocycles. The van der Waals surface area contributed by atoms with E-state index in [2.05, 4.69) is 5.32 Å². The Morgan fingerprint density at radius 1 is 1.38 bits per heavy atom. The molecule has 2 heterocycles. The van der Waals surface area contributed by atoms with Crippen LogP contribution in [-0.2, 0) is 9.53 Å². The number of esters is 1. The highest BCUT2D eigenvalue weighted by Gasteiger charge is 2.33. The summed E-state index contributed by atoms with van der Waals surface area (Å²) < 4.78 is 10.2. The highest BCUT2D eigenvalue weighted by atomic mass is 16.5. The monoisotopic (exact) mass is 330 g/mol. The molecule has 0 unspecified atom stereocenters. The smallest absolute Gasteiger partial charge is 0.321 e. The summed E-state index contributed by atoms with van der Waals surface area (Å²) in [5.41, 5.74) is 2.58. The molecule has 1 aliphatic heterocycles. The number of benzene rings is 1. The molecule has 0 aliphatic carbocycles. The maximum atomic E-state index is 12.5. The molecule has 0 saturated carbocycles. The van der Waals surface area contributed by atoms with Crippen LogP contribution >= 0.6 is 0 Å². The molecule has 3 rings (SSSR count). The van der Waals surface area contributed by atoms with E-state index in [0.717, 1.165) is 22.2 Å². The van der Waals surface area contributed by atoms with Crippen LogP contribution in [0, 0.1) is 18.8 Å². The van der Waals surface area contributed by atoms with Crippen LogP contribution in [-0.4, -0.2) is 37.1 Å². The molecule has 1 saturated heterocycles. The first-order valence-corrected chi connectivity index (χ1v) is 8.11. The Morgan fingerprint density at radius 3 is 2.88 bits per heavy atom. The highest BCUT2D eigenvalue weighted by Crippen LogP contribution is 2.26. The fraction of sp³-hybridized carbons (Fsp3) is 0.444. The maximum absolute atomic E-state index is 12.5. The largest absolute Gasteiger partial charge is 0.469 e. The molecule has 0 spiro atoms. The third kappa shape index (κ3) is 3.09. The van der Waals surface area contributed by atoms with Gasteiger partial charge in [-0.25, -0.2) is 4.79 Å². The number of carbonyl (C=O) groups is 2. The summed E-state index contributed by atoms with van der Waals surface area (Å²) in [4.78, 5) is 26.0. The predicted octanol–water partition coefficient (Wildman–Crippen LogP) is 3.40. The van der Waals surface area contributed by atoms with Gasteiger partial charge in [-0.2, -0.15) is 0 Å². The summed E-state index contributed by atoms with van der Waals surface area (Å²) in [7, 11) is 1.40. The highest BCUT2D eigenvalue weighted by molar-refractivity contribution is 5.93. The fourth-order valence-electron chi connectivity index (χ4n) is 3.27. The number of amides is 2. The van der Waals surface area contributed by atoms with Crippen molar-refractivity contribution in [1.82, 2.24) is 4.90 Å². The van der Waals surface area contributed by atoms with Crippen LogP contribution in [0.5, 0.6) is 0 Å². The molecule has 24 heavy (non-hydrogen) atoms. The van der Waals surface area contributed by atoms with Gasteiger partial charge in [0.25, 0.3) is 0 Å². The van der Waals surface area contributed by atoms with Crippen molar-refractivity contribution in [3.05, 3.63) is 30.0 Å². The number of methoxy groups -OCH3 is 1. The Morgan fingerprint density at radius 2 is 2.17 bits per heavy atom. The number of anilines is 1. The summed E-state index contributed by atoms with van der Waals surface area (Å²) in [5.74, 6) is -0.247. The Bertz CT molecular complexity index is 767. The van der Waals surface area contributed by atoms with Gasteiger partial charge in [0.15, 0.2) is 0 Å². The molecule has 2 amide bonds. The van der Waals surface area contributed by atoms with Crippen LogP contribution in [0.4, 0.5) is 10.5 Å². The number of likely N-dealkylation sites (tertiary alicyclic amines) is 1. The molecule has 6 nitrogen and oxygen atoms in total. The second-order valence-electron chi connectivity index (χ2n) is 6.40. The number of piperidine rings is 1. The number of hydrogen-bond acceptors (Lipinski definition) is 4. The predicted molar refractivity (Wildman–Crippen MR) is 90.8 cm³/mol. The van der Waals surface area contributed by atoms with Crippen molar-refractivity contribution < 1.29 is 18.7 Å². The maximum Gasteiger partial charge on any atom is 0.321 e. The minimum absolute atomic E-state index is 0.0792. The summed E-state index contributed by atoms with van der Waals surface area (Å²) >= 11 is 0. The third-order valence-electron chi connectivity index (χ3n) is 4.71. The Balaban J connectivity index is 1.66. The van der Waals surface area contributed by atoms with E-state index in [1.165, 1.54) is 7.11 Å². The molecule has 0 radical (unpaired) electrons. The average Bonchev–Trinajstić information content (AvgIpc) is 2.95. The number of rotatable bonds is 2. The lowest BCUT2D eigenvalue weighted by Crippen LogP contribution is -2.46. The van der Waals surface area contributed by atoms with Crippen molar-refractivity contribution >= 4 is 28.7 Å². The number of carbonyl (C=O) groups excluding carboxylic acids is 2. The fourth-order valence-corrected chi connectivity index (χ4v) is 3.27. The minimum atomic E-state index is -0.191. The average molecular weight is 330 g/mol. The van der Waals surface area contributed by atoms with Gasteiger partial charge in [-0.05, 0) is 43.0 Å². The third-order valence-corrected chi connectivity index (χ3v) is 4.71. The van der Waals surface area contributed by atoms with E-state index < -0.39 is 0 Å². The van der Waals surface area contributed by atoms with Gasteiger partial charge in [0, 0.05) is 24.2 Å². The zero-order valence-electron chi connectivity index (χ0n) is 14.2. The molecule has 1 fully saturated rings. The van der Waals surface area contributed by atoms with E-state index in [9.17, 15) is 9.59 Å². The van der Waals surface area contributed by atoms with Crippen LogP contribution in [0.15, 0.2) is 28.9 Å². The van der Waals surface area contributed by atoms with Gasteiger partial charge in [-0.15, -0.1) is 0 Å². The number of ether oxygens (including phenoxy) is 1. The molecule has 1 aromatic carbocycles. The summed E-state index contributed by atoms with van der Waals surface area (Å²) in [5, 5.41) is 3.92. The number of fused-ring (bicyclic) bond motifs is 1. The van der Waals surface area contributed by atoms with Crippen molar-refractivity contribution in [1.29, 1.82) is 0 Å². The van der Waals surface area contributed by atoms with E-state index in [1.807, 2.05) is 32.0 Å². The first kappa shape index (κ1) is 16.4. The molecule has 1 aliphatic rings. The number of urea groups is 1. The quantitative estimate of drug-likeness (QED) is 0.857. The van der Waals surface area contributed by atoms with Gasteiger partial charge < -0.3 is 19.4 Å². The van der Waals surface area contributed by atoms with Crippen LogP contribution in [0.3, 0.4) is 0 Å². The normalized spacial score (nSPS) is 20.9. The topological polar surface area (TPSA) is 71.8 Å². The molecule has 1 N–H and O–H groups in total. The first-order valence-electron chi connectivity index (χ1n) is 8.11. The van der Waals surface area contributed by atoms with Crippen molar-refractivity contribution in [2.24, 2.45) is 11.8 Å². The number of nitrogens with zero attached hydrogens (tertiary/aromatic N) is 1. The summed E-state index contributed by atoms with van der Waals surface area (Å²) in [6.45, 7) is 5.03. The lowest BCUT2D eigenvalue weighted by molar-refractivity contribution is -0.148. The van der Waals surface area contributed by atoms with Crippen LogP contribution in [0.25, 0.3) is 11.0 Å². The second-order valence-corrected chi connectivity index (χ2v) is 6.40. The number of nitrogens with one attached hydrogen (secondary N) is 1. The molecular weight excluding hydrogens is 308 g/mol. The standard InChI is InChI=1S/C18H22N2O4/c1-11-9-20(7-6-14(11)17(21)23-3)18(22)19-13-4-5-16-15(8-13)12(2)10-24-16/h4-5,8,10-11,14H,6-7,9H2,1-3H3,(H,19,22)/t11-,14-/m0/s1. The van der Waals surface area contributed by atoms with Crippen molar-refractivity contribution in [3.63, 3.8) is 0 Å². The number of furan rings is 1. The summed E-state index contributed by atoms with van der Waals surface area (Å²) in [6, 6.07) is 5.44. The summed E-state index contributed by atoms with van der Waals surface area (Å²) in [6.07, 6.45) is 2.33. The number of hydrogen-bond donors (Lipinski definition) is 1. The first-order chi connectivity index (χ1) is 11.5. The van der Waals surface area contributed by atoms with Crippen LogP contribution < -0.4 is 5.32 Å². The van der Waals surface area contributed by atoms with Crippen LogP contribution in [0.1, 0.15) is 18.9 Å². The van der Waals surface area contributed by atoms with Gasteiger partial charge >= 0.3 is 12.0 Å². The van der Waals surface area contributed by atoms with Crippen molar-refractivity contribution in [2.45, 2.75) is 20.3 Å². The van der Waals surface area contributed by atoms with E-state index in [1.54, 1.807) is 11.2 Å². The van der Waals surface area contributed by atoms with E-state index in [-0.39, 0.29) is 23.8 Å². The SMILES string of the molecule is COC(=O)[C@H]1CCN(C(=O)Nc2ccc3occ(C)c3c2)C[C@@H]1C. The molecule has 2 atom stereocenters. The van der Waals surface area contributed by atoms with Gasteiger partial charge in [-0.3, -0.25) is 4.79 Å². The molecule has 128 valence electrons. The number of aryl methyl sites for hydroxylation is 1. The zero-order valence-corrected chi connectivity index (χ0v) is 14.2. The minimum Gasteiger partial charge on any atom is -0.469 e. The van der Waals surface area contributed by atoms with E-state index in [0.29, 0.717) is 19.5 Å². The van der Waals surface area contributed by atoms with Gasteiger partial charge in [0.1, 0.15) is 5.58 Å². The Labute approximate surface area is 140 Å². The van der Waals surface area contributed by atoms with Crippen molar-refractivity contribution in [3.8, 4) is 0 Å².